The molecule has 2 aliphatic heterocycles. The number of urea groups is 1. The largest absolute Gasteiger partial charge is 0.495 e. The van der Waals surface area contributed by atoms with E-state index in [4.69, 9.17) is 16.3 Å². The maximum atomic E-state index is 13.9. The van der Waals surface area contributed by atoms with Crippen LogP contribution in [0.15, 0.2) is 54.2 Å². The zero-order valence-electron chi connectivity index (χ0n) is 22.9. The van der Waals surface area contributed by atoms with E-state index in [0.29, 0.717) is 23.0 Å². The van der Waals surface area contributed by atoms with Crippen molar-refractivity contribution in [3.8, 4) is 5.75 Å². The number of piperidine rings is 1. The number of pyridine rings is 1. The van der Waals surface area contributed by atoms with Gasteiger partial charge in [0.05, 0.1) is 31.1 Å². The highest BCUT2D eigenvalue weighted by atomic mass is 35.5. The number of nitrogens with zero attached hydrogens (tertiary/aromatic N) is 6. The highest BCUT2D eigenvalue weighted by Gasteiger charge is 2.38. The molecular formula is C29H28ClF2N7O2S. The van der Waals surface area contributed by atoms with Crippen LogP contribution in [0, 0.1) is 0 Å². The number of methoxy groups -OCH3 is 1. The van der Waals surface area contributed by atoms with E-state index in [1.54, 1.807) is 18.3 Å². The van der Waals surface area contributed by atoms with E-state index in [2.05, 4.69) is 44.3 Å². The molecule has 2 amide bonds. The number of anilines is 5. The Balaban J connectivity index is 1.33. The fraction of sp³-hybridized carbons (Fsp3) is 0.310. The molecule has 3 aromatic heterocycles. The zero-order valence-corrected chi connectivity index (χ0v) is 24.5. The van der Waals surface area contributed by atoms with Crippen molar-refractivity contribution in [3.63, 3.8) is 0 Å². The number of hydrogen-bond acceptors (Lipinski definition) is 8. The quantitative estimate of drug-likeness (QED) is 0.234. The summed E-state index contributed by atoms with van der Waals surface area (Å²) in [7, 11) is 3.66. The van der Waals surface area contributed by atoms with Crippen LogP contribution in [-0.4, -0.2) is 53.1 Å². The van der Waals surface area contributed by atoms with E-state index >= 15 is 0 Å². The second kappa shape index (κ2) is 11.8. The van der Waals surface area contributed by atoms with E-state index in [1.165, 1.54) is 34.0 Å². The van der Waals surface area contributed by atoms with Crippen molar-refractivity contribution in [2.75, 3.05) is 42.4 Å². The first-order chi connectivity index (χ1) is 20.3. The Morgan fingerprint density at radius 3 is 2.52 bits per heavy atom. The van der Waals surface area contributed by atoms with Crippen molar-refractivity contribution in [1.82, 2.24) is 19.9 Å². The average molecular weight is 612 g/mol. The maximum absolute atomic E-state index is 13.9. The fourth-order valence-electron chi connectivity index (χ4n) is 5.29. The average Bonchev–Trinajstić information content (AvgIpc) is 3.39. The maximum Gasteiger partial charge on any atom is 0.336 e. The number of amides is 2. The SMILES string of the molecule is COc1ccc(N2C(=O)N(c3c(C(F)F)csc3Cl)Cc3cnc(Nc4ccc(C5CCN(C)CC5)cc4)nc32)nc1. The molecule has 5 heterocycles. The molecule has 0 bridgehead atoms. The summed E-state index contributed by atoms with van der Waals surface area (Å²) in [4.78, 5) is 32.3. The predicted octanol–water partition coefficient (Wildman–Crippen LogP) is 7.36. The van der Waals surface area contributed by atoms with Crippen molar-refractivity contribution in [1.29, 1.82) is 0 Å². The standard InChI is InChI=1S/C29H28ClF2N7O2S/c1-37-11-9-18(10-12-37)17-3-5-20(6-4-17)35-28-34-13-19-15-38(24-22(26(31)32)16-42-25(24)30)29(40)39(27(19)36-28)23-8-7-21(41-2)14-33-23/h3-8,13-14,16,18,26H,9-12,15H2,1-2H3,(H,34,35,36). The molecule has 1 fully saturated rings. The van der Waals surface area contributed by atoms with Gasteiger partial charge in [0, 0.05) is 22.8 Å². The normalized spacial score (nSPS) is 16.2. The van der Waals surface area contributed by atoms with Gasteiger partial charge in [-0.05, 0) is 68.7 Å². The van der Waals surface area contributed by atoms with Gasteiger partial charge in [-0.2, -0.15) is 4.98 Å². The lowest BCUT2D eigenvalue weighted by Crippen LogP contribution is -2.46. The molecule has 6 rings (SSSR count). The molecule has 2 aliphatic rings. The van der Waals surface area contributed by atoms with Crippen LogP contribution in [-0.2, 0) is 6.54 Å². The van der Waals surface area contributed by atoms with Crippen LogP contribution in [0.2, 0.25) is 4.34 Å². The zero-order chi connectivity index (χ0) is 29.4. The van der Waals surface area contributed by atoms with Crippen LogP contribution in [0.5, 0.6) is 5.75 Å². The second-order valence-electron chi connectivity index (χ2n) is 10.2. The van der Waals surface area contributed by atoms with E-state index in [0.717, 1.165) is 43.0 Å². The van der Waals surface area contributed by atoms with Gasteiger partial charge >= 0.3 is 6.03 Å². The van der Waals surface area contributed by atoms with E-state index in [1.807, 2.05) is 12.1 Å². The Hall–Kier alpha value is -3.87. The number of benzene rings is 1. The molecule has 0 radical (unpaired) electrons. The summed E-state index contributed by atoms with van der Waals surface area (Å²) in [5, 5.41) is 4.49. The van der Waals surface area contributed by atoms with Crippen LogP contribution >= 0.6 is 22.9 Å². The third-order valence-electron chi connectivity index (χ3n) is 7.60. The fourth-order valence-corrected chi connectivity index (χ4v) is 6.42. The van der Waals surface area contributed by atoms with Crippen molar-refractivity contribution < 1.29 is 18.3 Å². The minimum absolute atomic E-state index is 0.0299. The van der Waals surface area contributed by atoms with Crippen molar-refractivity contribution in [2.24, 2.45) is 0 Å². The first-order valence-corrected chi connectivity index (χ1v) is 14.7. The Morgan fingerprint density at radius 2 is 1.86 bits per heavy atom. The van der Waals surface area contributed by atoms with Gasteiger partial charge in [0.15, 0.2) is 5.82 Å². The second-order valence-corrected chi connectivity index (χ2v) is 11.7. The molecule has 13 heteroatoms. The Labute approximate surface area is 250 Å². The molecule has 1 aromatic carbocycles. The summed E-state index contributed by atoms with van der Waals surface area (Å²) in [5.41, 5.74) is 2.30. The number of hydrogen-bond donors (Lipinski definition) is 1. The Morgan fingerprint density at radius 1 is 1.10 bits per heavy atom. The number of likely N-dealkylation sites (tertiary alicyclic amines) is 1. The van der Waals surface area contributed by atoms with E-state index in [-0.39, 0.29) is 33.9 Å². The van der Waals surface area contributed by atoms with Gasteiger partial charge in [-0.1, -0.05) is 23.7 Å². The van der Waals surface area contributed by atoms with Crippen molar-refractivity contribution >= 4 is 57.9 Å². The first kappa shape index (κ1) is 28.3. The van der Waals surface area contributed by atoms with Gasteiger partial charge in [0.25, 0.3) is 6.43 Å². The molecule has 0 atom stereocenters. The lowest BCUT2D eigenvalue weighted by molar-refractivity contribution is 0.152. The van der Waals surface area contributed by atoms with Gasteiger partial charge in [-0.15, -0.1) is 11.3 Å². The first-order valence-electron chi connectivity index (χ1n) is 13.4. The number of carbonyl (C=O) groups excluding carboxylic acids is 1. The van der Waals surface area contributed by atoms with E-state index in [9.17, 15) is 13.6 Å². The highest BCUT2D eigenvalue weighted by Crippen LogP contribution is 2.45. The van der Waals surface area contributed by atoms with Gasteiger partial charge in [0.1, 0.15) is 15.9 Å². The number of aromatic nitrogens is 3. The molecule has 0 unspecified atom stereocenters. The summed E-state index contributed by atoms with van der Waals surface area (Å²) in [6.07, 6.45) is 2.50. The number of halogens is 3. The van der Waals surface area contributed by atoms with Gasteiger partial charge in [-0.25, -0.2) is 28.4 Å². The summed E-state index contributed by atoms with van der Waals surface area (Å²) in [6.45, 7) is 2.14. The Kier molecular flexibility index (Phi) is 7.93. The number of rotatable bonds is 7. The summed E-state index contributed by atoms with van der Waals surface area (Å²) < 4.78 is 33.0. The number of nitrogens with one attached hydrogen (secondary N) is 1. The molecule has 1 saturated heterocycles. The molecular weight excluding hydrogens is 584 g/mol. The van der Waals surface area contributed by atoms with Crippen molar-refractivity contribution in [3.05, 3.63) is 75.2 Å². The van der Waals surface area contributed by atoms with Crippen LogP contribution in [0.3, 0.4) is 0 Å². The molecule has 1 N–H and O–H groups in total. The third kappa shape index (κ3) is 5.49. The lowest BCUT2D eigenvalue weighted by Gasteiger charge is -2.35. The smallest absolute Gasteiger partial charge is 0.336 e. The summed E-state index contributed by atoms with van der Waals surface area (Å²) in [6, 6.07) is 10.9. The van der Waals surface area contributed by atoms with Crippen LogP contribution in [0.1, 0.15) is 41.9 Å². The number of fused-ring (bicyclic) bond motifs is 1. The summed E-state index contributed by atoms with van der Waals surface area (Å²) in [5.74, 6) is 1.84. The lowest BCUT2D eigenvalue weighted by atomic mass is 9.89. The van der Waals surface area contributed by atoms with Crippen molar-refractivity contribution in [2.45, 2.75) is 31.7 Å². The van der Waals surface area contributed by atoms with Gasteiger partial charge < -0.3 is 15.0 Å². The van der Waals surface area contributed by atoms with Gasteiger partial charge in [0.2, 0.25) is 5.95 Å². The molecule has 218 valence electrons. The third-order valence-corrected chi connectivity index (χ3v) is 8.82. The summed E-state index contributed by atoms with van der Waals surface area (Å²) >= 11 is 7.28. The number of alkyl halides is 2. The van der Waals surface area contributed by atoms with Crippen LogP contribution in [0.25, 0.3) is 0 Å². The number of thiophene rings is 1. The minimum Gasteiger partial charge on any atom is -0.495 e. The minimum atomic E-state index is -2.81. The molecule has 9 nitrogen and oxygen atoms in total. The molecule has 4 aromatic rings. The Bertz CT molecular complexity index is 1580. The van der Waals surface area contributed by atoms with Crippen LogP contribution < -0.4 is 19.9 Å². The van der Waals surface area contributed by atoms with E-state index < -0.39 is 12.5 Å². The number of carbonyl (C=O) groups is 1. The predicted molar refractivity (Wildman–Crippen MR) is 160 cm³/mol. The molecule has 0 aliphatic carbocycles. The molecule has 0 saturated carbocycles. The topological polar surface area (TPSA) is 86.7 Å². The highest BCUT2D eigenvalue weighted by molar-refractivity contribution is 7.15. The molecule has 0 spiro atoms. The molecule has 42 heavy (non-hydrogen) atoms. The van der Waals surface area contributed by atoms with Gasteiger partial charge in [-0.3, -0.25) is 4.90 Å². The monoisotopic (exact) mass is 611 g/mol. The van der Waals surface area contributed by atoms with Crippen LogP contribution in [0.4, 0.5) is 42.5 Å². The number of ether oxygens (including phenoxy) is 1.